The molecule has 0 bridgehead atoms. The molecule has 0 amide bonds. The summed E-state index contributed by atoms with van der Waals surface area (Å²) in [5.74, 6) is 0. The molecule has 19 heavy (non-hydrogen) atoms. The maximum absolute atomic E-state index is 8.59. The van der Waals surface area contributed by atoms with E-state index in [1.165, 1.54) is 76.7 Å². The van der Waals surface area contributed by atoms with E-state index in [9.17, 15) is 0 Å². The summed E-state index contributed by atoms with van der Waals surface area (Å²) in [6, 6.07) is 0. The summed E-state index contributed by atoms with van der Waals surface area (Å²) < 4.78 is 4.36. The second-order valence-electron chi connectivity index (χ2n) is 4.73. The maximum atomic E-state index is 8.59. The van der Waals surface area contributed by atoms with Crippen LogP contribution in [0.1, 0.15) is 77.6 Å². The van der Waals surface area contributed by atoms with Crippen molar-refractivity contribution in [2.24, 2.45) is 0 Å². The third-order valence-corrected chi connectivity index (χ3v) is 2.95. The lowest BCUT2D eigenvalue weighted by Gasteiger charge is -2.01. The zero-order chi connectivity index (χ0) is 14.6. The first-order valence-corrected chi connectivity index (χ1v) is 7.81. The van der Waals surface area contributed by atoms with Gasteiger partial charge >= 0.3 is 0 Å². The van der Waals surface area contributed by atoms with Gasteiger partial charge in [0.2, 0.25) is 0 Å². The first-order valence-electron chi connectivity index (χ1n) is 7.81. The SMILES string of the molecule is C=COC=C.CCCCCCCCCCCCCO. The van der Waals surface area contributed by atoms with Crippen LogP contribution in [0.15, 0.2) is 25.7 Å². The highest BCUT2D eigenvalue weighted by Crippen LogP contribution is 2.10. The fourth-order valence-electron chi connectivity index (χ4n) is 1.84. The lowest BCUT2D eigenvalue weighted by molar-refractivity contribution is 0.282. The van der Waals surface area contributed by atoms with Crippen LogP contribution in [0.3, 0.4) is 0 Å². The molecule has 0 aliphatic rings. The van der Waals surface area contributed by atoms with Crippen molar-refractivity contribution in [3.05, 3.63) is 25.7 Å². The molecule has 0 rings (SSSR count). The summed E-state index contributed by atoms with van der Waals surface area (Å²) in [5, 5.41) is 8.59. The van der Waals surface area contributed by atoms with Crippen LogP contribution < -0.4 is 0 Å². The van der Waals surface area contributed by atoms with Gasteiger partial charge in [0.25, 0.3) is 0 Å². The highest BCUT2D eigenvalue weighted by Gasteiger charge is 1.91. The van der Waals surface area contributed by atoms with Gasteiger partial charge in [0.15, 0.2) is 0 Å². The Kier molecular flexibility index (Phi) is 24.3. The predicted octanol–water partition coefficient (Wildman–Crippen LogP) is 5.58. The Bertz CT molecular complexity index is 149. The molecular formula is C17H34O2. The average Bonchev–Trinajstić information content (AvgIpc) is 2.43. The van der Waals surface area contributed by atoms with Crippen molar-refractivity contribution in [2.45, 2.75) is 77.6 Å². The molecule has 0 atom stereocenters. The number of aliphatic hydroxyl groups excluding tert-OH is 1. The van der Waals surface area contributed by atoms with Crippen LogP contribution in [0.4, 0.5) is 0 Å². The highest BCUT2D eigenvalue weighted by molar-refractivity contribution is 4.57. The minimum absolute atomic E-state index is 0.372. The molecular weight excluding hydrogens is 236 g/mol. The van der Waals surface area contributed by atoms with Gasteiger partial charge in [-0.05, 0) is 6.42 Å². The van der Waals surface area contributed by atoms with Crippen LogP contribution in [0.5, 0.6) is 0 Å². The van der Waals surface area contributed by atoms with E-state index < -0.39 is 0 Å². The fourth-order valence-corrected chi connectivity index (χ4v) is 1.84. The van der Waals surface area contributed by atoms with Crippen molar-refractivity contribution in [1.82, 2.24) is 0 Å². The molecule has 0 aromatic rings. The monoisotopic (exact) mass is 270 g/mol. The maximum Gasteiger partial charge on any atom is 0.0829 e. The molecule has 1 N–H and O–H groups in total. The Morgan fingerprint density at radius 2 is 1.11 bits per heavy atom. The first kappa shape index (κ1) is 20.6. The van der Waals surface area contributed by atoms with Crippen LogP contribution in [-0.4, -0.2) is 11.7 Å². The Balaban J connectivity index is 0. The number of ether oxygens (including phenoxy) is 1. The van der Waals surface area contributed by atoms with Crippen molar-refractivity contribution in [1.29, 1.82) is 0 Å². The van der Waals surface area contributed by atoms with Crippen LogP contribution in [0.2, 0.25) is 0 Å². The number of aliphatic hydroxyl groups is 1. The molecule has 0 heterocycles. The van der Waals surface area contributed by atoms with E-state index in [0.717, 1.165) is 6.42 Å². The van der Waals surface area contributed by atoms with E-state index in [-0.39, 0.29) is 0 Å². The van der Waals surface area contributed by atoms with Crippen molar-refractivity contribution in [3.8, 4) is 0 Å². The van der Waals surface area contributed by atoms with Crippen LogP contribution in [0, 0.1) is 0 Å². The lowest BCUT2D eigenvalue weighted by atomic mass is 10.1. The molecule has 0 radical (unpaired) electrons. The summed E-state index contributed by atoms with van der Waals surface area (Å²) in [6.07, 6.45) is 17.4. The first-order chi connectivity index (χ1) is 9.33. The van der Waals surface area contributed by atoms with E-state index in [4.69, 9.17) is 5.11 Å². The van der Waals surface area contributed by atoms with Gasteiger partial charge in [0.05, 0.1) is 12.5 Å². The summed E-state index contributed by atoms with van der Waals surface area (Å²) in [7, 11) is 0. The molecule has 0 aromatic carbocycles. The Labute approximate surface area is 120 Å². The average molecular weight is 270 g/mol. The fraction of sp³-hybridized carbons (Fsp3) is 0.765. The van der Waals surface area contributed by atoms with Gasteiger partial charge in [0.1, 0.15) is 0 Å². The molecule has 0 aliphatic heterocycles. The zero-order valence-electron chi connectivity index (χ0n) is 12.9. The molecule has 2 nitrogen and oxygen atoms in total. The van der Waals surface area contributed by atoms with E-state index in [2.05, 4.69) is 24.8 Å². The number of rotatable bonds is 13. The quantitative estimate of drug-likeness (QED) is 0.350. The van der Waals surface area contributed by atoms with Gasteiger partial charge in [-0.2, -0.15) is 0 Å². The van der Waals surface area contributed by atoms with Gasteiger partial charge in [-0.1, -0.05) is 84.3 Å². The van der Waals surface area contributed by atoms with Gasteiger partial charge in [-0.3, -0.25) is 0 Å². The largest absolute Gasteiger partial charge is 0.474 e. The standard InChI is InChI=1S/C13H28O.C4H6O/c1-2-3-4-5-6-7-8-9-10-11-12-13-14;1-3-5-4-2/h14H,2-13H2,1H3;3-4H,1-2H2. The molecule has 2 heteroatoms. The van der Waals surface area contributed by atoms with Gasteiger partial charge in [-0.15, -0.1) is 0 Å². The predicted molar refractivity (Wildman–Crippen MR) is 85.0 cm³/mol. The molecule has 0 saturated heterocycles. The number of hydrogen-bond acceptors (Lipinski definition) is 2. The van der Waals surface area contributed by atoms with E-state index in [1.807, 2.05) is 0 Å². The molecule has 0 saturated carbocycles. The Hall–Kier alpha value is -0.760. The Morgan fingerprint density at radius 3 is 1.37 bits per heavy atom. The van der Waals surface area contributed by atoms with E-state index in [0.29, 0.717) is 6.61 Å². The summed E-state index contributed by atoms with van der Waals surface area (Å²) >= 11 is 0. The number of unbranched alkanes of at least 4 members (excludes halogenated alkanes) is 10. The summed E-state index contributed by atoms with van der Waals surface area (Å²) in [4.78, 5) is 0. The summed E-state index contributed by atoms with van der Waals surface area (Å²) in [5.41, 5.74) is 0. The van der Waals surface area contributed by atoms with E-state index in [1.54, 1.807) is 0 Å². The second-order valence-corrected chi connectivity index (χ2v) is 4.73. The minimum Gasteiger partial charge on any atom is -0.474 e. The van der Waals surface area contributed by atoms with Gasteiger partial charge in [0, 0.05) is 6.61 Å². The Morgan fingerprint density at radius 1 is 0.737 bits per heavy atom. The third kappa shape index (κ3) is 26.7. The van der Waals surface area contributed by atoms with Crippen molar-refractivity contribution >= 4 is 0 Å². The third-order valence-electron chi connectivity index (χ3n) is 2.95. The molecule has 0 unspecified atom stereocenters. The van der Waals surface area contributed by atoms with Crippen LogP contribution in [0.25, 0.3) is 0 Å². The topological polar surface area (TPSA) is 29.5 Å². The lowest BCUT2D eigenvalue weighted by Crippen LogP contribution is -1.84. The van der Waals surface area contributed by atoms with Crippen LogP contribution >= 0.6 is 0 Å². The summed E-state index contributed by atoms with van der Waals surface area (Å²) in [6.45, 7) is 9.15. The van der Waals surface area contributed by atoms with Crippen LogP contribution in [-0.2, 0) is 4.74 Å². The van der Waals surface area contributed by atoms with Crippen molar-refractivity contribution in [2.75, 3.05) is 6.61 Å². The smallest absolute Gasteiger partial charge is 0.0829 e. The van der Waals surface area contributed by atoms with Crippen molar-refractivity contribution < 1.29 is 9.84 Å². The van der Waals surface area contributed by atoms with Gasteiger partial charge in [-0.25, -0.2) is 0 Å². The molecule has 0 spiro atoms. The molecule has 114 valence electrons. The van der Waals surface area contributed by atoms with Crippen molar-refractivity contribution in [3.63, 3.8) is 0 Å². The zero-order valence-corrected chi connectivity index (χ0v) is 12.9. The number of hydrogen-bond donors (Lipinski definition) is 1. The normalized spacial score (nSPS) is 9.37. The van der Waals surface area contributed by atoms with E-state index >= 15 is 0 Å². The second kappa shape index (κ2) is 22.4. The molecule has 0 aliphatic carbocycles. The van der Waals surface area contributed by atoms with Gasteiger partial charge < -0.3 is 9.84 Å². The minimum atomic E-state index is 0.372. The highest BCUT2D eigenvalue weighted by atomic mass is 16.5. The molecule has 0 aromatic heterocycles. The molecule has 0 fully saturated rings.